The van der Waals surface area contributed by atoms with Crippen LogP contribution < -0.4 is 0 Å². The van der Waals surface area contributed by atoms with Gasteiger partial charge >= 0.3 is 5.97 Å². The molecule has 1 atom stereocenters. The van der Waals surface area contributed by atoms with Gasteiger partial charge in [0.05, 0.1) is 6.42 Å². The van der Waals surface area contributed by atoms with Gasteiger partial charge in [0, 0.05) is 10.0 Å². The molecule has 1 unspecified atom stereocenters. The molecule has 0 aliphatic heterocycles. The van der Waals surface area contributed by atoms with E-state index in [4.69, 9.17) is 5.11 Å². The molecule has 1 rings (SSSR count). The van der Waals surface area contributed by atoms with E-state index in [0.29, 0.717) is 5.56 Å². The summed E-state index contributed by atoms with van der Waals surface area (Å²) in [5.74, 6) is -0.941. The van der Waals surface area contributed by atoms with Gasteiger partial charge < -0.3 is 10.2 Å². The maximum atomic E-state index is 10.5. The molecule has 0 aromatic heterocycles. The van der Waals surface area contributed by atoms with Crippen molar-refractivity contribution in [3.8, 4) is 5.75 Å². The fourth-order valence-electron chi connectivity index (χ4n) is 1.38. The summed E-state index contributed by atoms with van der Waals surface area (Å²) in [6.45, 7) is 1.77. The average Bonchev–Trinajstić information content (AvgIpc) is 2.01. The van der Waals surface area contributed by atoms with E-state index in [1.807, 2.05) is 0 Å². The van der Waals surface area contributed by atoms with Crippen LogP contribution in [0.5, 0.6) is 5.75 Å². The van der Waals surface area contributed by atoms with Gasteiger partial charge in [0.1, 0.15) is 5.75 Å². The molecule has 76 valence electrons. The zero-order chi connectivity index (χ0) is 10.7. The van der Waals surface area contributed by atoms with Gasteiger partial charge in [-0.3, -0.25) is 4.79 Å². The van der Waals surface area contributed by atoms with Crippen LogP contribution in [0.3, 0.4) is 0 Å². The van der Waals surface area contributed by atoms with Crippen LogP contribution in [0.1, 0.15) is 24.8 Å². The maximum absolute atomic E-state index is 10.5. The van der Waals surface area contributed by atoms with Crippen LogP contribution in [0.25, 0.3) is 0 Å². The van der Waals surface area contributed by atoms with E-state index >= 15 is 0 Å². The first-order chi connectivity index (χ1) is 6.52. The third-order valence-corrected chi connectivity index (χ3v) is 2.70. The van der Waals surface area contributed by atoms with Crippen molar-refractivity contribution < 1.29 is 15.0 Å². The lowest BCUT2D eigenvalue weighted by Crippen LogP contribution is -2.03. The van der Waals surface area contributed by atoms with E-state index in [1.54, 1.807) is 25.1 Å². The van der Waals surface area contributed by atoms with Crippen LogP contribution in [-0.2, 0) is 4.79 Å². The Hall–Kier alpha value is -1.03. The Bertz CT molecular complexity index is 329. The van der Waals surface area contributed by atoms with Gasteiger partial charge in [0.15, 0.2) is 0 Å². The molecule has 0 aliphatic carbocycles. The Morgan fingerprint density at radius 2 is 2.21 bits per heavy atom. The summed E-state index contributed by atoms with van der Waals surface area (Å²) in [6.07, 6.45) is 0.0101. The molecule has 0 spiro atoms. The first kappa shape index (κ1) is 11.0. The summed E-state index contributed by atoms with van der Waals surface area (Å²) < 4.78 is 0.742. The summed E-state index contributed by atoms with van der Waals surface area (Å²) in [5.41, 5.74) is 0.648. The minimum absolute atomic E-state index is 0.0101. The third kappa shape index (κ3) is 2.48. The number of carboxylic acids is 1. The van der Waals surface area contributed by atoms with Crippen LogP contribution in [0.2, 0.25) is 0 Å². The Morgan fingerprint density at radius 3 is 2.71 bits per heavy atom. The van der Waals surface area contributed by atoms with Crippen molar-refractivity contribution >= 4 is 21.9 Å². The number of phenolic OH excluding ortho intramolecular Hbond substituents is 1. The molecule has 4 heteroatoms. The summed E-state index contributed by atoms with van der Waals surface area (Å²) in [7, 11) is 0. The predicted octanol–water partition coefficient (Wildman–Crippen LogP) is 2.73. The monoisotopic (exact) mass is 258 g/mol. The van der Waals surface area contributed by atoms with Crippen molar-refractivity contribution in [2.45, 2.75) is 19.3 Å². The molecule has 0 bridgehead atoms. The van der Waals surface area contributed by atoms with Crippen molar-refractivity contribution in [1.29, 1.82) is 0 Å². The van der Waals surface area contributed by atoms with Crippen molar-refractivity contribution in [2.75, 3.05) is 0 Å². The van der Waals surface area contributed by atoms with Crippen molar-refractivity contribution in [3.05, 3.63) is 28.2 Å². The smallest absolute Gasteiger partial charge is 0.303 e. The average molecular weight is 259 g/mol. The maximum Gasteiger partial charge on any atom is 0.303 e. The Labute approximate surface area is 90.5 Å². The minimum atomic E-state index is -0.868. The van der Waals surface area contributed by atoms with Gasteiger partial charge in [-0.15, -0.1) is 0 Å². The second-order valence-corrected chi connectivity index (χ2v) is 4.03. The Balaban J connectivity index is 2.99. The molecule has 0 radical (unpaired) electrons. The zero-order valence-electron chi connectivity index (χ0n) is 7.70. The number of phenols is 1. The van der Waals surface area contributed by atoms with E-state index in [2.05, 4.69) is 15.9 Å². The molecular weight excluding hydrogens is 248 g/mol. The molecule has 0 fully saturated rings. The quantitative estimate of drug-likeness (QED) is 0.877. The summed E-state index contributed by atoms with van der Waals surface area (Å²) in [6, 6.07) is 5.04. The normalized spacial score (nSPS) is 12.4. The second-order valence-electron chi connectivity index (χ2n) is 3.17. The number of carboxylic acid groups (broad SMARTS) is 1. The van der Waals surface area contributed by atoms with E-state index < -0.39 is 5.97 Å². The van der Waals surface area contributed by atoms with Crippen LogP contribution >= 0.6 is 15.9 Å². The summed E-state index contributed by atoms with van der Waals surface area (Å²) >= 11 is 3.28. The lowest BCUT2D eigenvalue weighted by Gasteiger charge is -2.12. The van der Waals surface area contributed by atoms with E-state index in [9.17, 15) is 9.90 Å². The fraction of sp³-hybridized carbons (Fsp3) is 0.300. The lowest BCUT2D eigenvalue weighted by molar-refractivity contribution is -0.137. The van der Waals surface area contributed by atoms with E-state index in [0.717, 1.165) is 4.47 Å². The van der Waals surface area contributed by atoms with E-state index in [-0.39, 0.29) is 18.1 Å². The molecule has 0 heterocycles. The highest BCUT2D eigenvalue weighted by Crippen LogP contribution is 2.34. The molecule has 14 heavy (non-hydrogen) atoms. The third-order valence-electron chi connectivity index (χ3n) is 2.00. The highest BCUT2D eigenvalue weighted by Gasteiger charge is 2.16. The van der Waals surface area contributed by atoms with Crippen molar-refractivity contribution in [3.63, 3.8) is 0 Å². The van der Waals surface area contributed by atoms with Crippen LogP contribution in [-0.4, -0.2) is 16.2 Å². The predicted molar refractivity (Wildman–Crippen MR) is 56.5 cm³/mol. The number of hydrogen-bond donors (Lipinski definition) is 2. The molecule has 1 aromatic carbocycles. The number of hydrogen-bond acceptors (Lipinski definition) is 2. The van der Waals surface area contributed by atoms with Crippen molar-refractivity contribution in [1.82, 2.24) is 0 Å². The fourth-order valence-corrected chi connectivity index (χ4v) is 2.12. The number of aromatic hydroxyl groups is 1. The Kier molecular flexibility index (Phi) is 3.52. The molecule has 1 aromatic rings. The molecule has 0 saturated heterocycles. The summed E-state index contributed by atoms with van der Waals surface area (Å²) in [5, 5.41) is 18.2. The molecule has 3 nitrogen and oxygen atoms in total. The molecule has 0 amide bonds. The number of halogens is 1. The Morgan fingerprint density at radius 1 is 1.57 bits per heavy atom. The number of benzene rings is 1. The largest absolute Gasteiger partial charge is 0.508 e. The highest BCUT2D eigenvalue weighted by atomic mass is 79.9. The van der Waals surface area contributed by atoms with Gasteiger partial charge in [0.2, 0.25) is 0 Å². The molecule has 0 saturated carbocycles. The van der Waals surface area contributed by atoms with Crippen LogP contribution in [0.4, 0.5) is 0 Å². The minimum Gasteiger partial charge on any atom is -0.508 e. The molecule has 0 aliphatic rings. The van der Waals surface area contributed by atoms with Gasteiger partial charge in [0.25, 0.3) is 0 Å². The standard InChI is InChI=1S/C10H11BrO3/c1-6(5-9(13)14)10-7(11)3-2-4-8(10)12/h2-4,6,12H,5H2,1H3,(H,13,14). The number of aliphatic carboxylic acids is 1. The summed E-state index contributed by atoms with van der Waals surface area (Å²) in [4.78, 5) is 10.5. The molecular formula is C10H11BrO3. The lowest BCUT2D eigenvalue weighted by atomic mass is 9.97. The number of rotatable bonds is 3. The van der Waals surface area contributed by atoms with Crippen LogP contribution in [0.15, 0.2) is 22.7 Å². The number of carbonyl (C=O) groups is 1. The first-order valence-electron chi connectivity index (χ1n) is 4.21. The van der Waals surface area contributed by atoms with Gasteiger partial charge in [-0.2, -0.15) is 0 Å². The van der Waals surface area contributed by atoms with E-state index in [1.165, 1.54) is 0 Å². The highest BCUT2D eigenvalue weighted by molar-refractivity contribution is 9.10. The van der Waals surface area contributed by atoms with Gasteiger partial charge in [-0.25, -0.2) is 0 Å². The SMILES string of the molecule is CC(CC(=O)O)c1c(O)cccc1Br. The van der Waals surface area contributed by atoms with Crippen molar-refractivity contribution in [2.24, 2.45) is 0 Å². The topological polar surface area (TPSA) is 57.5 Å². The zero-order valence-corrected chi connectivity index (χ0v) is 9.28. The van der Waals surface area contributed by atoms with Gasteiger partial charge in [-0.05, 0) is 18.1 Å². The first-order valence-corrected chi connectivity index (χ1v) is 5.01. The van der Waals surface area contributed by atoms with Gasteiger partial charge in [-0.1, -0.05) is 28.9 Å². The van der Waals surface area contributed by atoms with Crippen LogP contribution in [0, 0.1) is 0 Å². The molecule has 2 N–H and O–H groups in total. The second kappa shape index (κ2) is 4.46.